The van der Waals surface area contributed by atoms with Crippen molar-refractivity contribution in [1.29, 1.82) is 0 Å². The van der Waals surface area contributed by atoms with Gasteiger partial charge in [0.2, 0.25) is 10.0 Å². The topological polar surface area (TPSA) is 49.4 Å². The Labute approximate surface area is 134 Å². The molecule has 1 unspecified atom stereocenters. The minimum absolute atomic E-state index is 0.0473. The molecule has 1 heterocycles. The first-order valence-electron chi connectivity index (χ1n) is 6.34. The lowest BCUT2D eigenvalue weighted by Gasteiger charge is -2.16. The van der Waals surface area contributed by atoms with Gasteiger partial charge in [0.05, 0.1) is 9.23 Å². The van der Waals surface area contributed by atoms with Crippen molar-refractivity contribution in [2.75, 3.05) is 19.4 Å². The number of halogens is 1. The summed E-state index contributed by atoms with van der Waals surface area (Å²) in [5, 5.41) is 5.27. The standard InChI is InChI=1S/C14H17ClN2O2S2/c1-10(11-7-14(15)20-9-11)16-12-5-4-6-13(8-12)21(18,19)17(2)3/h4-10,16H,1-3H3. The third-order valence-electron chi connectivity index (χ3n) is 3.08. The molecule has 21 heavy (non-hydrogen) atoms. The molecule has 0 radical (unpaired) electrons. The van der Waals surface area contributed by atoms with Gasteiger partial charge in [-0.3, -0.25) is 0 Å². The number of benzene rings is 1. The molecule has 0 fully saturated rings. The quantitative estimate of drug-likeness (QED) is 0.896. The van der Waals surface area contributed by atoms with E-state index in [4.69, 9.17) is 11.6 Å². The van der Waals surface area contributed by atoms with Crippen molar-refractivity contribution < 1.29 is 8.42 Å². The van der Waals surface area contributed by atoms with Crippen LogP contribution in [0.2, 0.25) is 4.34 Å². The molecule has 0 aliphatic carbocycles. The Morgan fingerprint density at radius 2 is 2.00 bits per heavy atom. The maximum atomic E-state index is 12.1. The Kier molecular flexibility index (Phi) is 4.93. The molecule has 1 aromatic heterocycles. The zero-order valence-electron chi connectivity index (χ0n) is 12.0. The van der Waals surface area contributed by atoms with Crippen LogP contribution in [0, 0.1) is 0 Å². The summed E-state index contributed by atoms with van der Waals surface area (Å²) in [5.74, 6) is 0. The zero-order valence-corrected chi connectivity index (χ0v) is 14.4. The fourth-order valence-electron chi connectivity index (χ4n) is 1.84. The highest BCUT2D eigenvalue weighted by Crippen LogP contribution is 2.28. The van der Waals surface area contributed by atoms with Crippen LogP contribution in [0.1, 0.15) is 18.5 Å². The van der Waals surface area contributed by atoms with Gasteiger partial charge in [-0.05, 0) is 42.1 Å². The fourth-order valence-corrected chi connectivity index (χ4v) is 3.77. The molecule has 0 spiro atoms. The molecule has 1 atom stereocenters. The van der Waals surface area contributed by atoms with E-state index in [2.05, 4.69) is 5.32 Å². The number of thiophene rings is 1. The highest BCUT2D eigenvalue weighted by atomic mass is 35.5. The van der Waals surface area contributed by atoms with E-state index < -0.39 is 10.0 Å². The minimum atomic E-state index is -3.42. The normalized spacial score (nSPS) is 13.4. The molecule has 0 aliphatic rings. The largest absolute Gasteiger partial charge is 0.378 e. The van der Waals surface area contributed by atoms with Crippen LogP contribution in [0.15, 0.2) is 40.6 Å². The van der Waals surface area contributed by atoms with Crippen LogP contribution in [-0.2, 0) is 10.0 Å². The highest BCUT2D eigenvalue weighted by Gasteiger charge is 2.17. The summed E-state index contributed by atoms with van der Waals surface area (Å²) in [4.78, 5) is 0.271. The molecule has 1 aromatic carbocycles. The van der Waals surface area contributed by atoms with Crippen LogP contribution in [0.5, 0.6) is 0 Å². The summed E-state index contributed by atoms with van der Waals surface area (Å²) in [6.45, 7) is 2.01. The zero-order chi connectivity index (χ0) is 15.6. The van der Waals surface area contributed by atoms with Crippen LogP contribution in [0.25, 0.3) is 0 Å². The summed E-state index contributed by atoms with van der Waals surface area (Å²) in [7, 11) is -0.383. The van der Waals surface area contributed by atoms with E-state index in [1.54, 1.807) is 18.2 Å². The first kappa shape index (κ1) is 16.3. The lowest BCUT2D eigenvalue weighted by molar-refractivity contribution is 0.521. The second-order valence-electron chi connectivity index (χ2n) is 4.87. The van der Waals surface area contributed by atoms with Gasteiger partial charge in [-0.15, -0.1) is 11.3 Å². The van der Waals surface area contributed by atoms with E-state index in [-0.39, 0.29) is 10.9 Å². The van der Waals surface area contributed by atoms with Crippen LogP contribution in [0.3, 0.4) is 0 Å². The number of hydrogen-bond donors (Lipinski definition) is 1. The predicted octanol–water partition coefficient (Wildman–Crippen LogP) is 3.82. The fraction of sp³-hybridized carbons (Fsp3) is 0.286. The molecule has 114 valence electrons. The molecule has 7 heteroatoms. The molecule has 0 saturated carbocycles. The average Bonchev–Trinajstić information content (AvgIpc) is 2.85. The molecule has 2 rings (SSSR count). The first-order chi connectivity index (χ1) is 9.80. The Morgan fingerprint density at radius 1 is 1.29 bits per heavy atom. The predicted molar refractivity (Wildman–Crippen MR) is 88.7 cm³/mol. The number of rotatable bonds is 5. The number of anilines is 1. The maximum Gasteiger partial charge on any atom is 0.242 e. The summed E-state index contributed by atoms with van der Waals surface area (Å²) >= 11 is 7.41. The van der Waals surface area contributed by atoms with Crippen molar-refractivity contribution in [2.45, 2.75) is 17.9 Å². The van der Waals surface area contributed by atoms with Crippen molar-refractivity contribution in [3.05, 3.63) is 45.6 Å². The Balaban J connectivity index is 2.22. The van der Waals surface area contributed by atoms with Gasteiger partial charge in [0.1, 0.15) is 0 Å². The molecular formula is C14H17ClN2O2S2. The third-order valence-corrected chi connectivity index (χ3v) is 6.00. The minimum Gasteiger partial charge on any atom is -0.378 e. The summed E-state index contributed by atoms with van der Waals surface area (Å²) < 4.78 is 26.2. The Hall–Kier alpha value is -1.08. The van der Waals surface area contributed by atoms with Crippen LogP contribution in [0.4, 0.5) is 5.69 Å². The van der Waals surface area contributed by atoms with Crippen LogP contribution < -0.4 is 5.32 Å². The van der Waals surface area contributed by atoms with Gasteiger partial charge in [-0.25, -0.2) is 12.7 Å². The van der Waals surface area contributed by atoms with Gasteiger partial charge < -0.3 is 5.32 Å². The van der Waals surface area contributed by atoms with Crippen molar-refractivity contribution >= 4 is 38.6 Å². The molecule has 0 amide bonds. The second kappa shape index (κ2) is 6.36. The number of nitrogens with one attached hydrogen (secondary N) is 1. The van der Waals surface area contributed by atoms with Crippen molar-refractivity contribution in [2.24, 2.45) is 0 Å². The molecule has 0 aliphatic heterocycles. The molecular weight excluding hydrogens is 328 g/mol. The smallest absolute Gasteiger partial charge is 0.242 e. The van der Waals surface area contributed by atoms with Gasteiger partial charge in [0.15, 0.2) is 0 Å². The van der Waals surface area contributed by atoms with Gasteiger partial charge in [0.25, 0.3) is 0 Å². The van der Waals surface area contributed by atoms with Crippen molar-refractivity contribution in [3.8, 4) is 0 Å². The van der Waals surface area contributed by atoms with Gasteiger partial charge in [0, 0.05) is 25.8 Å². The van der Waals surface area contributed by atoms with E-state index in [0.717, 1.165) is 15.6 Å². The lowest BCUT2D eigenvalue weighted by atomic mass is 10.1. The summed E-state index contributed by atoms with van der Waals surface area (Å²) in [5.41, 5.74) is 1.83. The van der Waals surface area contributed by atoms with E-state index in [1.807, 2.05) is 24.4 Å². The van der Waals surface area contributed by atoms with Crippen molar-refractivity contribution in [1.82, 2.24) is 4.31 Å². The third kappa shape index (κ3) is 3.77. The van der Waals surface area contributed by atoms with Gasteiger partial charge in [-0.1, -0.05) is 17.7 Å². The summed E-state index contributed by atoms with van der Waals surface area (Å²) in [6.07, 6.45) is 0. The Bertz CT molecular complexity index is 726. The lowest BCUT2D eigenvalue weighted by Crippen LogP contribution is -2.22. The van der Waals surface area contributed by atoms with E-state index in [1.165, 1.54) is 29.7 Å². The van der Waals surface area contributed by atoms with E-state index in [0.29, 0.717) is 0 Å². The summed E-state index contributed by atoms with van der Waals surface area (Å²) in [6, 6.07) is 8.76. The van der Waals surface area contributed by atoms with E-state index >= 15 is 0 Å². The number of nitrogens with zero attached hydrogens (tertiary/aromatic N) is 1. The average molecular weight is 345 g/mol. The van der Waals surface area contributed by atoms with Crippen LogP contribution >= 0.6 is 22.9 Å². The SMILES string of the molecule is CC(Nc1cccc(S(=O)(=O)N(C)C)c1)c1csc(Cl)c1. The number of sulfonamides is 1. The van der Waals surface area contributed by atoms with Gasteiger partial charge in [-0.2, -0.15) is 0 Å². The molecule has 4 nitrogen and oxygen atoms in total. The molecule has 0 saturated heterocycles. The van der Waals surface area contributed by atoms with E-state index in [9.17, 15) is 8.42 Å². The monoisotopic (exact) mass is 344 g/mol. The van der Waals surface area contributed by atoms with Gasteiger partial charge >= 0.3 is 0 Å². The van der Waals surface area contributed by atoms with Crippen molar-refractivity contribution in [3.63, 3.8) is 0 Å². The molecule has 2 aromatic rings. The number of hydrogen-bond acceptors (Lipinski definition) is 4. The maximum absolute atomic E-state index is 12.1. The molecule has 1 N–H and O–H groups in total. The first-order valence-corrected chi connectivity index (χ1v) is 9.03. The van der Waals surface area contributed by atoms with Crippen LogP contribution in [-0.4, -0.2) is 26.8 Å². The highest BCUT2D eigenvalue weighted by molar-refractivity contribution is 7.89. The Morgan fingerprint density at radius 3 is 2.57 bits per heavy atom. The second-order valence-corrected chi connectivity index (χ2v) is 8.56. The molecule has 0 bridgehead atoms.